The van der Waals surface area contributed by atoms with Crippen molar-refractivity contribution in [1.82, 2.24) is 5.32 Å². The lowest BCUT2D eigenvalue weighted by Gasteiger charge is -2.24. The molecular formula is C16H34N2O4Si. The van der Waals surface area contributed by atoms with Gasteiger partial charge >= 0.3 is 12.1 Å². The van der Waals surface area contributed by atoms with Gasteiger partial charge < -0.3 is 20.5 Å². The minimum Gasteiger partial charge on any atom is -0.458 e. The van der Waals surface area contributed by atoms with E-state index in [2.05, 4.69) is 25.0 Å². The van der Waals surface area contributed by atoms with Crippen molar-refractivity contribution in [2.75, 3.05) is 13.2 Å². The summed E-state index contributed by atoms with van der Waals surface area (Å²) >= 11 is 0. The first kappa shape index (κ1) is 21.9. The first-order valence-electron chi connectivity index (χ1n) is 8.31. The van der Waals surface area contributed by atoms with Gasteiger partial charge in [-0.2, -0.15) is 0 Å². The van der Waals surface area contributed by atoms with Crippen LogP contribution in [0.25, 0.3) is 0 Å². The third-order valence-corrected chi connectivity index (χ3v) is 4.72. The fourth-order valence-corrected chi connectivity index (χ4v) is 2.46. The molecular weight excluding hydrogens is 312 g/mol. The third-order valence-electron chi connectivity index (χ3n) is 3.02. The molecule has 136 valence electrons. The van der Waals surface area contributed by atoms with Crippen molar-refractivity contribution in [2.24, 2.45) is 5.73 Å². The van der Waals surface area contributed by atoms with Gasteiger partial charge in [0.25, 0.3) is 0 Å². The van der Waals surface area contributed by atoms with Gasteiger partial charge in [-0.1, -0.05) is 19.6 Å². The fraction of sp³-hybridized carbons (Fsp3) is 0.875. The van der Waals surface area contributed by atoms with Crippen molar-refractivity contribution >= 4 is 20.1 Å². The van der Waals surface area contributed by atoms with Crippen molar-refractivity contribution in [2.45, 2.75) is 77.4 Å². The van der Waals surface area contributed by atoms with E-state index in [-0.39, 0.29) is 0 Å². The normalized spacial score (nSPS) is 13.3. The Kier molecular flexibility index (Phi) is 9.46. The van der Waals surface area contributed by atoms with Gasteiger partial charge in [-0.3, -0.25) is 0 Å². The predicted molar refractivity (Wildman–Crippen MR) is 95.2 cm³/mol. The molecule has 0 aliphatic carbocycles. The molecule has 1 amide bonds. The van der Waals surface area contributed by atoms with Crippen LogP contribution in [0.2, 0.25) is 25.7 Å². The summed E-state index contributed by atoms with van der Waals surface area (Å²) < 4.78 is 10.5. The molecule has 0 radical (unpaired) electrons. The Morgan fingerprint density at radius 1 is 1.17 bits per heavy atom. The Morgan fingerprint density at radius 2 is 1.78 bits per heavy atom. The van der Waals surface area contributed by atoms with Crippen LogP contribution >= 0.6 is 0 Å². The summed E-state index contributed by atoms with van der Waals surface area (Å²) in [6.45, 7) is 13.0. The van der Waals surface area contributed by atoms with Gasteiger partial charge in [0.2, 0.25) is 0 Å². The van der Waals surface area contributed by atoms with Crippen molar-refractivity contribution < 1.29 is 19.1 Å². The molecule has 0 fully saturated rings. The van der Waals surface area contributed by atoms with Crippen molar-refractivity contribution in [1.29, 1.82) is 0 Å². The molecule has 0 aromatic carbocycles. The molecule has 7 heteroatoms. The zero-order valence-electron chi connectivity index (χ0n) is 15.5. The van der Waals surface area contributed by atoms with Crippen LogP contribution in [0.5, 0.6) is 0 Å². The highest BCUT2D eigenvalue weighted by Crippen LogP contribution is 2.12. The minimum absolute atomic E-state index is 0.380. The number of carbonyl (C=O) groups is 2. The molecule has 0 aliphatic heterocycles. The number of amides is 1. The van der Waals surface area contributed by atoms with Gasteiger partial charge in [0, 0.05) is 8.07 Å². The van der Waals surface area contributed by atoms with Crippen LogP contribution in [0.1, 0.15) is 40.0 Å². The molecule has 3 N–H and O–H groups in total. The molecule has 0 heterocycles. The third kappa shape index (κ3) is 13.1. The van der Waals surface area contributed by atoms with Crippen molar-refractivity contribution in [3.63, 3.8) is 0 Å². The highest BCUT2D eigenvalue weighted by atomic mass is 28.3. The van der Waals surface area contributed by atoms with E-state index in [1.54, 1.807) is 20.8 Å². The van der Waals surface area contributed by atoms with Crippen LogP contribution in [0.15, 0.2) is 0 Å². The van der Waals surface area contributed by atoms with E-state index in [1.807, 2.05) is 0 Å². The first-order chi connectivity index (χ1) is 10.4. The Hall–Kier alpha value is -1.08. The van der Waals surface area contributed by atoms with Gasteiger partial charge in [-0.25, -0.2) is 9.59 Å². The Bertz CT molecular complexity index is 375. The van der Waals surface area contributed by atoms with E-state index in [9.17, 15) is 9.59 Å². The standard InChI is InChI=1S/C16H34N2O4Si/c1-16(2,3)22-14(19)13(9-7-8-10-17)18-15(20)21-11-12-23(4,5)6/h13H,7-12,17H2,1-6H3,(H,18,20)/t13-/m0/s1. The molecule has 6 nitrogen and oxygen atoms in total. The van der Waals surface area contributed by atoms with Crippen LogP contribution in [0.4, 0.5) is 4.79 Å². The number of nitrogens with one attached hydrogen (secondary N) is 1. The Balaban J connectivity index is 4.49. The molecule has 0 aromatic rings. The van der Waals surface area contributed by atoms with Crippen LogP contribution in [-0.2, 0) is 14.3 Å². The minimum atomic E-state index is -1.25. The predicted octanol–water partition coefficient (Wildman–Crippen LogP) is 2.89. The SMILES string of the molecule is CC(C)(C)OC(=O)[C@H](CCCCN)NC(=O)OCC[Si](C)(C)C. The van der Waals surface area contributed by atoms with E-state index in [0.29, 0.717) is 19.6 Å². The topological polar surface area (TPSA) is 90.6 Å². The highest BCUT2D eigenvalue weighted by Gasteiger charge is 2.27. The smallest absolute Gasteiger partial charge is 0.407 e. The number of esters is 1. The average molecular weight is 347 g/mol. The van der Waals surface area contributed by atoms with Crippen LogP contribution in [-0.4, -0.2) is 44.9 Å². The maximum absolute atomic E-state index is 12.2. The highest BCUT2D eigenvalue weighted by molar-refractivity contribution is 6.76. The lowest BCUT2D eigenvalue weighted by Crippen LogP contribution is -2.44. The van der Waals surface area contributed by atoms with E-state index in [1.165, 1.54) is 0 Å². The number of rotatable bonds is 9. The molecule has 0 spiro atoms. The first-order valence-corrected chi connectivity index (χ1v) is 12.0. The van der Waals surface area contributed by atoms with E-state index < -0.39 is 31.8 Å². The number of nitrogens with two attached hydrogens (primary N) is 1. The molecule has 0 rings (SSSR count). The second-order valence-electron chi connectivity index (χ2n) is 7.96. The zero-order chi connectivity index (χ0) is 18.1. The van der Waals surface area contributed by atoms with E-state index in [0.717, 1.165) is 18.9 Å². The molecule has 1 atom stereocenters. The Morgan fingerprint density at radius 3 is 2.26 bits per heavy atom. The van der Waals surface area contributed by atoms with E-state index in [4.69, 9.17) is 15.2 Å². The second-order valence-corrected chi connectivity index (χ2v) is 13.6. The number of hydrogen-bond donors (Lipinski definition) is 2. The molecule has 0 aromatic heterocycles. The van der Waals surface area contributed by atoms with Crippen LogP contribution in [0, 0.1) is 0 Å². The lowest BCUT2D eigenvalue weighted by atomic mass is 10.1. The monoisotopic (exact) mass is 346 g/mol. The number of hydrogen-bond acceptors (Lipinski definition) is 5. The molecule has 0 bridgehead atoms. The number of alkyl carbamates (subject to hydrolysis) is 1. The van der Waals surface area contributed by atoms with Crippen LogP contribution < -0.4 is 11.1 Å². The summed E-state index contributed by atoms with van der Waals surface area (Å²) in [6.07, 6.45) is 1.48. The fourth-order valence-electron chi connectivity index (χ4n) is 1.75. The number of carbonyl (C=O) groups excluding carboxylic acids is 2. The molecule has 0 saturated heterocycles. The molecule has 23 heavy (non-hydrogen) atoms. The van der Waals surface area contributed by atoms with Gasteiger partial charge in [-0.05, 0) is 52.6 Å². The summed E-state index contributed by atoms with van der Waals surface area (Å²) in [6, 6.07) is 0.199. The maximum atomic E-state index is 12.2. The van der Waals surface area contributed by atoms with E-state index >= 15 is 0 Å². The summed E-state index contributed by atoms with van der Waals surface area (Å²) in [4.78, 5) is 24.1. The number of unbranched alkanes of at least 4 members (excludes halogenated alkanes) is 1. The maximum Gasteiger partial charge on any atom is 0.407 e. The molecule has 0 aliphatic rings. The second kappa shape index (κ2) is 9.92. The quantitative estimate of drug-likeness (QED) is 0.380. The average Bonchev–Trinajstić information content (AvgIpc) is 2.34. The molecule has 0 saturated carbocycles. The van der Waals surface area contributed by atoms with Gasteiger partial charge in [0.1, 0.15) is 11.6 Å². The lowest BCUT2D eigenvalue weighted by molar-refractivity contribution is -0.157. The zero-order valence-corrected chi connectivity index (χ0v) is 16.5. The molecule has 0 unspecified atom stereocenters. The van der Waals surface area contributed by atoms with Gasteiger partial charge in [0.05, 0.1) is 6.61 Å². The number of ether oxygens (including phenoxy) is 2. The van der Waals surface area contributed by atoms with Crippen LogP contribution in [0.3, 0.4) is 0 Å². The summed E-state index contributed by atoms with van der Waals surface area (Å²) in [5.41, 5.74) is 4.89. The van der Waals surface area contributed by atoms with Gasteiger partial charge in [-0.15, -0.1) is 0 Å². The Labute approximate surface area is 141 Å². The van der Waals surface area contributed by atoms with Crippen molar-refractivity contribution in [3.8, 4) is 0 Å². The summed E-state index contributed by atoms with van der Waals surface area (Å²) in [7, 11) is -1.25. The van der Waals surface area contributed by atoms with Gasteiger partial charge in [0.15, 0.2) is 0 Å². The summed E-state index contributed by atoms with van der Waals surface area (Å²) in [5.74, 6) is -0.434. The van der Waals surface area contributed by atoms with Crippen molar-refractivity contribution in [3.05, 3.63) is 0 Å². The summed E-state index contributed by atoms with van der Waals surface area (Å²) in [5, 5.41) is 2.62. The largest absolute Gasteiger partial charge is 0.458 e.